The van der Waals surface area contributed by atoms with Gasteiger partial charge in [0, 0.05) is 39.6 Å². The van der Waals surface area contributed by atoms with Crippen molar-refractivity contribution in [3.63, 3.8) is 0 Å². The molecule has 3 aromatic rings. The topological polar surface area (TPSA) is 56.8 Å². The molecule has 0 saturated carbocycles. The maximum Gasteiger partial charge on any atom is 0.328 e. The van der Waals surface area contributed by atoms with E-state index in [4.69, 9.17) is 0 Å². The zero-order chi connectivity index (χ0) is 15.5. The van der Waals surface area contributed by atoms with Gasteiger partial charge in [-0.1, -0.05) is 6.07 Å². The fourth-order valence-electron chi connectivity index (χ4n) is 2.70. The Hall–Kier alpha value is -1.76. The molecule has 1 N–H and O–H groups in total. The summed E-state index contributed by atoms with van der Waals surface area (Å²) < 4.78 is 5.45. The van der Waals surface area contributed by atoms with Crippen LogP contribution in [0.15, 0.2) is 41.7 Å². The third-order valence-electron chi connectivity index (χ3n) is 3.99. The van der Waals surface area contributed by atoms with Gasteiger partial charge in [-0.05, 0) is 30.7 Å². The van der Waals surface area contributed by atoms with Crippen molar-refractivity contribution in [1.82, 2.24) is 24.0 Å². The number of halogens is 2. The number of benzene rings is 1. The Morgan fingerprint density at radius 3 is 2.58 bits per heavy atom. The fraction of sp³-hybridized carbons (Fsp3) is 0.375. The second-order valence-corrected chi connectivity index (χ2v) is 5.55. The number of aryl methyl sites for hydroxylation is 3. The van der Waals surface area contributed by atoms with Crippen molar-refractivity contribution >= 4 is 11.0 Å². The SMILES string of the molecule is Cn1c(=O)n(C)c2cc(CNCCCn3ccnc3)ccc21.[Cl-].[Cl-]. The van der Waals surface area contributed by atoms with Crippen LogP contribution in [0, 0.1) is 0 Å². The first kappa shape index (κ1) is 20.3. The quantitative estimate of drug-likeness (QED) is 0.444. The van der Waals surface area contributed by atoms with Gasteiger partial charge in [-0.2, -0.15) is 0 Å². The van der Waals surface area contributed by atoms with E-state index in [-0.39, 0.29) is 30.5 Å². The molecule has 0 aliphatic rings. The lowest BCUT2D eigenvalue weighted by molar-refractivity contribution is -0.00100. The van der Waals surface area contributed by atoms with Crippen molar-refractivity contribution in [2.75, 3.05) is 6.54 Å². The zero-order valence-corrected chi connectivity index (χ0v) is 15.3. The van der Waals surface area contributed by atoms with Crippen molar-refractivity contribution in [2.45, 2.75) is 19.5 Å². The lowest BCUT2D eigenvalue weighted by atomic mass is 10.2. The van der Waals surface area contributed by atoms with Gasteiger partial charge in [-0.25, -0.2) is 9.78 Å². The van der Waals surface area contributed by atoms with Crippen LogP contribution in [0.4, 0.5) is 0 Å². The van der Waals surface area contributed by atoms with E-state index in [1.165, 1.54) is 5.56 Å². The van der Waals surface area contributed by atoms with Crippen LogP contribution >= 0.6 is 0 Å². The minimum atomic E-state index is 0. The Morgan fingerprint density at radius 1 is 1.12 bits per heavy atom. The first-order valence-corrected chi connectivity index (χ1v) is 7.47. The van der Waals surface area contributed by atoms with Crippen molar-refractivity contribution in [3.05, 3.63) is 53.0 Å². The highest BCUT2D eigenvalue weighted by atomic mass is 35.5. The minimum absolute atomic E-state index is 0. The smallest absolute Gasteiger partial charge is 0.328 e. The first-order valence-electron chi connectivity index (χ1n) is 7.47. The zero-order valence-electron chi connectivity index (χ0n) is 13.7. The number of nitrogens with one attached hydrogen (secondary N) is 1. The van der Waals surface area contributed by atoms with Crippen molar-refractivity contribution in [2.24, 2.45) is 14.1 Å². The van der Waals surface area contributed by atoms with Crippen LogP contribution in [0.25, 0.3) is 11.0 Å². The number of aromatic nitrogens is 4. The minimum Gasteiger partial charge on any atom is -1.00 e. The number of nitrogens with zero attached hydrogens (tertiary/aromatic N) is 4. The van der Waals surface area contributed by atoms with Gasteiger partial charge in [0.25, 0.3) is 0 Å². The maximum atomic E-state index is 11.9. The molecule has 2 heterocycles. The van der Waals surface area contributed by atoms with Crippen LogP contribution in [0.5, 0.6) is 0 Å². The lowest BCUT2D eigenvalue weighted by Gasteiger charge is -2.06. The van der Waals surface area contributed by atoms with E-state index < -0.39 is 0 Å². The largest absolute Gasteiger partial charge is 1.00 e. The highest BCUT2D eigenvalue weighted by Gasteiger charge is 2.07. The van der Waals surface area contributed by atoms with Gasteiger partial charge in [0.2, 0.25) is 0 Å². The molecule has 2 aromatic heterocycles. The molecule has 132 valence electrons. The molecule has 0 bridgehead atoms. The highest BCUT2D eigenvalue weighted by Crippen LogP contribution is 2.13. The molecule has 0 fully saturated rings. The fourth-order valence-corrected chi connectivity index (χ4v) is 2.70. The van der Waals surface area contributed by atoms with E-state index in [9.17, 15) is 4.79 Å². The summed E-state index contributed by atoms with van der Waals surface area (Å²) in [4.78, 5) is 15.9. The first-order chi connectivity index (χ1) is 10.7. The number of rotatable bonds is 6. The van der Waals surface area contributed by atoms with Gasteiger partial charge in [0.1, 0.15) is 0 Å². The summed E-state index contributed by atoms with van der Waals surface area (Å²) >= 11 is 0. The molecule has 6 nitrogen and oxygen atoms in total. The monoisotopic (exact) mass is 369 g/mol. The molecule has 0 aliphatic carbocycles. The molecule has 0 amide bonds. The van der Waals surface area contributed by atoms with Crippen molar-refractivity contribution in [1.29, 1.82) is 0 Å². The van der Waals surface area contributed by atoms with Crippen LogP contribution in [0.1, 0.15) is 12.0 Å². The third-order valence-corrected chi connectivity index (χ3v) is 3.99. The van der Waals surface area contributed by atoms with Gasteiger partial charge in [0.15, 0.2) is 0 Å². The Morgan fingerprint density at radius 2 is 1.88 bits per heavy atom. The number of imidazole rings is 2. The van der Waals surface area contributed by atoms with E-state index in [1.54, 1.807) is 22.4 Å². The molecule has 24 heavy (non-hydrogen) atoms. The third kappa shape index (κ3) is 4.20. The van der Waals surface area contributed by atoms with E-state index in [2.05, 4.69) is 27.0 Å². The van der Waals surface area contributed by atoms with E-state index in [0.29, 0.717) is 0 Å². The molecule has 0 saturated heterocycles. The lowest BCUT2D eigenvalue weighted by Crippen LogP contribution is -3.00. The molecule has 0 unspecified atom stereocenters. The average molecular weight is 370 g/mol. The van der Waals surface area contributed by atoms with Gasteiger partial charge in [-0.15, -0.1) is 0 Å². The summed E-state index contributed by atoms with van der Waals surface area (Å²) in [7, 11) is 3.62. The summed E-state index contributed by atoms with van der Waals surface area (Å²) in [5.74, 6) is 0. The Kier molecular flexibility index (Phi) is 7.54. The normalized spacial score (nSPS) is 10.4. The van der Waals surface area contributed by atoms with Gasteiger partial charge < -0.3 is 34.7 Å². The molecule has 0 spiro atoms. The molecule has 0 radical (unpaired) electrons. The predicted molar refractivity (Wildman–Crippen MR) is 86.7 cm³/mol. The Bertz CT molecular complexity index is 823. The van der Waals surface area contributed by atoms with E-state index in [1.807, 2.05) is 25.6 Å². The summed E-state index contributed by atoms with van der Waals surface area (Å²) in [6.45, 7) is 2.73. The maximum absolute atomic E-state index is 11.9. The molecule has 0 aliphatic heterocycles. The van der Waals surface area contributed by atoms with Crippen molar-refractivity contribution < 1.29 is 24.8 Å². The van der Waals surface area contributed by atoms with Crippen LogP contribution in [0.3, 0.4) is 0 Å². The Labute approximate surface area is 153 Å². The number of hydrogen-bond acceptors (Lipinski definition) is 3. The standard InChI is InChI=1S/C16H21N5O.2ClH/c1-19-14-5-4-13(10-15(14)20(2)16(19)22)11-17-6-3-8-21-9-7-18-12-21;;/h4-5,7,9-10,12,17H,3,6,8,11H2,1-2H3;2*1H/p-2. The van der Waals surface area contributed by atoms with Crippen LogP contribution in [-0.2, 0) is 27.2 Å². The second-order valence-electron chi connectivity index (χ2n) is 5.55. The van der Waals surface area contributed by atoms with Crippen LogP contribution < -0.4 is 35.8 Å². The second kappa shape index (κ2) is 8.92. The van der Waals surface area contributed by atoms with Gasteiger partial charge in [0.05, 0.1) is 17.4 Å². The van der Waals surface area contributed by atoms with Gasteiger partial charge >= 0.3 is 5.69 Å². The van der Waals surface area contributed by atoms with Crippen LogP contribution in [0.2, 0.25) is 0 Å². The summed E-state index contributed by atoms with van der Waals surface area (Å²) in [6, 6.07) is 6.17. The van der Waals surface area contributed by atoms with E-state index >= 15 is 0 Å². The average Bonchev–Trinajstić information content (AvgIpc) is 3.11. The van der Waals surface area contributed by atoms with Crippen LogP contribution in [-0.4, -0.2) is 25.2 Å². The van der Waals surface area contributed by atoms with Gasteiger partial charge in [-0.3, -0.25) is 9.13 Å². The Balaban J connectivity index is 0.00000144. The summed E-state index contributed by atoms with van der Waals surface area (Å²) in [5.41, 5.74) is 3.15. The highest BCUT2D eigenvalue weighted by molar-refractivity contribution is 5.76. The molecular formula is C16H21Cl2N5O-2. The summed E-state index contributed by atoms with van der Waals surface area (Å²) in [5, 5.41) is 3.44. The molecule has 1 aromatic carbocycles. The number of hydrogen-bond donors (Lipinski definition) is 1. The molecular weight excluding hydrogens is 349 g/mol. The molecule has 3 rings (SSSR count). The molecule has 0 atom stereocenters. The predicted octanol–water partition coefficient (Wildman–Crippen LogP) is -4.74. The number of fused-ring (bicyclic) bond motifs is 1. The van der Waals surface area contributed by atoms with Crippen molar-refractivity contribution in [3.8, 4) is 0 Å². The molecule has 8 heteroatoms. The van der Waals surface area contributed by atoms with E-state index in [0.717, 1.165) is 37.1 Å². The summed E-state index contributed by atoms with van der Waals surface area (Å²) in [6.07, 6.45) is 6.67.